The SMILES string of the molecule is Cc1ccc(C(=O)Cn2c(C)c(C)sc2=O)cc1C. The first-order valence-corrected chi connectivity index (χ1v) is 6.99. The number of carbonyl (C=O) groups is 1. The van der Waals surface area contributed by atoms with Gasteiger partial charge in [0, 0.05) is 16.1 Å². The van der Waals surface area contributed by atoms with Crippen LogP contribution in [-0.4, -0.2) is 10.4 Å². The van der Waals surface area contributed by atoms with Gasteiger partial charge in [-0.3, -0.25) is 14.2 Å². The molecule has 0 aliphatic heterocycles. The number of aryl methyl sites for hydroxylation is 3. The maximum absolute atomic E-state index is 12.2. The van der Waals surface area contributed by atoms with Crippen molar-refractivity contribution in [2.45, 2.75) is 34.2 Å². The zero-order valence-corrected chi connectivity index (χ0v) is 12.4. The third kappa shape index (κ3) is 2.68. The molecule has 4 heteroatoms. The minimum atomic E-state index is -0.0628. The Hall–Kier alpha value is -1.68. The van der Waals surface area contributed by atoms with Crippen molar-refractivity contribution in [3.8, 4) is 0 Å². The third-order valence-corrected chi connectivity index (χ3v) is 4.50. The largest absolute Gasteiger partial charge is 0.307 e. The van der Waals surface area contributed by atoms with Crippen LogP contribution in [0.5, 0.6) is 0 Å². The molecule has 0 saturated carbocycles. The highest BCUT2D eigenvalue weighted by Crippen LogP contribution is 2.13. The fourth-order valence-corrected chi connectivity index (χ4v) is 2.75. The third-order valence-electron chi connectivity index (χ3n) is 3.51. The number of aromatic nitrogens is 1. The molecule has 19 heavy (non-hydrogen) atoms. The van der Waals surface area contributed by atoms with E-state index < -0.39 is 0 Å². The first kappa shape index (κ1) is 13.7. The van der Waals surface area contributed by atoms with Crippen LogP contribution in [0.15, 0.2) is 23.0 Å². The fourth-order valence-electron chi connectivity index (χ4n) is 1.92. The predicted octanol–water partition coefficient (Wildman–Crippen LogP) is 3.03. The molecule has 0 radical (unpaired) electrons. The molecule has 0 unspecified atom stereocenters. The van der Waals surface area contributed by atoms with Gasteiger partial charge in [0.25, 0.3) is 0 Å². The number of thiazole rings is 1. The van der Waals surface area contributed by atoms with Gasteiger partial charge >= 0.3 is 4.87 Å². The Morgan fingerprint density at radius 2 is 1.84 bits per heavy atom. The molecule has 0 N–H and O–H groups in total. The van der Waals surface area contributed by atoms with Crippen LogP contribution in [0.25, 0.3) is 0 Å². The summed E-state index contributed by atoms with van der Waals surface area (Å²) in [6.07, 6.45) is 0. The minimum absolute atomic E-state index is 0.0221. The Kier molecular flexibility index (Phi) is 3.71. The Bertz CT molecular complexity index is 695. The van der Waals surface area contributed by atoms with E-state index in [0.29, 0.717) is 5.56 Å². The van der Waals surface area contributed by atoms with E-state index in [1.807, 2.05) is 45.9 Å². The van der Waals surface area contributed by atoms with Crippen molar-refractivity contribution in [1.82, 2.24) is 4.57 Å². The normalized spacial score (nSPS) is 10.7. The standard InChI is InChI=1S/C15H17NO2S/c1-9-5-6-13(7-10(9)2)14(17)8-16-11(3)12(4)19-15(16)18/h5-7H,8H2,1-4H3. The van der Waals surface area contributed by atoms with Crippen LogP contribution < -0.4 is 4.87 Å². The first-order chi connectivity index (χ1) is 8.90. The predicted molar refractivity (Wildman–Crippen MR) is 78.3 cm³/mol. The molecule has 2 rings (SSSR count). The molecule has 0 fully saturated rings. The van der Waals surface area contributed by atoms with E-state index in [2.05, 4.69) is 0 Å². The smallest absolute Gasteiger partial charge is 0.295 e. The summed E-state index contributed by atoms with van der Waals surface area (Å²) in [6, 6.07) is 5.65. The van der Waals surface area contributed by atoms with Gasteiger partial charge in [0.15, 0.2) is 5.78 Å². The highest BCUT2D eigenvalue weighted by molar-refractivity contribution is 7.09. The molecule has 0 aliphatic carbocycles. The summed E-state index contributed by atoms with van der Waals surface area (Å²) in [7, 11) is 0. The van der Waals surface area contributed by atoms with Crippen LogP contribution in [-0.2, 0) is 6.54 Å². The molecule has 0 atom stereocenters. The van der Waals surface area contributed by atoms with Gasteiger partial charge in [-0.05, 0) is 44.9 Å². The second-order valence-corrected chi connectivity index (χ2v) is 5.98. The van der Waals surface area contributed by atoms with Gasteiger partial charge in [0.2, 0.25) is 0 Å². The number of hydrogen-bond donors (Lipinski definition) is 0. The number of rotatable bonds is 3. The molecule has 0 spiro atoms. The summed E-state index contributed by atoms with van der Waals surface area (Å²) in [5, 5.41) is 0. The Morgan fingerprint density at radius 3 is 2.37 bits per heavy atom. The molecule has 1 aromatic carbocycles. The lowest BCUT2D eigenvalue weighted by Gasteiger charge is -2.06. The van der Waals surface area contributed by atoms with Crippen LogP contribution in [0.1, 0.15) is 32.1 Å². The highest BCUT2D eigenvalue weighted by Gasteiger charge is 2.13. The van der Waals surface area contributed by atoms with E-state index in [0.717, 1.165) is 21.7 Å². The number of Topliss-reactive ketones (excluding diaryl/α,β-unsaturated/α-hetero) is 1. The van der Waals surface area contributed by atoms with Crippen LogP contribution in [0, 0.1) is 27.7 Å². The average Bonchev–Trinajstić information content (AvgIpc) is 2.59. The van der Waals surface area contributed by atoms with Crippen LogP contribution in [0.4, 0.5) is 0 Å². The lowest BCUT2D eigenvalue weighted by molar-refractivity contribution is 0.0970. The maximum atomic E-state index is 12.2. The van der Waals surface area contributed by atoms with Crippen molar-refractivity contribution in [2.24, 2.45) is 0 Å². The van der Waals surface area contributed by atoms with Crippen molar-refractivity contribution in [2.75, 3.05) is 0 Å². The number of benzene rings is 1. The number of nitrogens with zero attached hydrogens (tertiary/aromatic N) is 1. The van der Waals surface area contributed by atoms with Crippen molar-refractivity contribution in [3.05, 3.63) is 55.1 Å². The van der Waals surface area contributed by atoms with Crippen LogP contribution in [0.3, 0.4) is 0 Å². The molecule has 0 saturated heterocycles. The molecule has 0 amide bonds. The van der Waals surface area contributed by atoms with Crippen molar-refractivity contribution >= 4 is 17.1 Å². The van der Waals surface area contributed by atoms with E-state index in [9.17, 15) is 9.59 Å². The van der Waals surface area contributed by atoms with E-state index in [-0.39, 0.29) is 17.2 Å². The molecule has 0 aliphatic rings. The molecule has 3 nitrogen and oxygen atoms in total. The highest BCUT2D eigenvalue weighted by atomic mass is 32.1. The lowest BCUT2D eigenvalue weighted by atomic mass is 10.0. The molecule has 1 aromatic heterocycles. The second kappa shape index (κ2) is 5.13. The molecule has 1 heterocycles. The van der Waals surface area contributed by atoms with Gasteiger partial charge in [-0.15, -0.1) is 0 Å². The van der Waals surface area contributed by atoms with Gasteiger partial charge in [-0.2, -0.15) is 0 Å². The lowest BCUT2D eigenvalue weighted by Crippen LogP contribution is -2.20. The first-order valence-electron chi connectivity index (χ1n) is 6.17. The molecule has 100 valence electrons. The summed E-state index contributed by atoms with van der Waals surface area (Å²) in [5.41, 5.74) is 3.80. The van der Waals surface area contributed by atoms with Crippen molar-refractivity contribution in [1.29, 1.82) is 0 Å². The van der Waals surface area contributed by atoms with E-state index in [1.54, 1.807) is 4.57 Å². The second-order valence-electron chi connectivity index (χ2n) is 4.82. The Morgan fingerprint density at radius 1 is 1.16 bits per heavy atom. The average molecular weight is 275 g/mol. The van der Waals surface area contributed by atoms with Gasteiger partial charge in [-0.25, -0.2) is 0 Å². The number of carbonyl (C=O) groups excluding carboxylic acids is 1. The Labute approximate surface area is 116 Å². The monoisotopic (exact) mass is 275 g/mol. The molecular weight excluding hydrogens is 258 g/mol. The van der Waals surface area contributed by atoms with E-state index >= 15 is 0 Å². The summed E-state index contributed by atoms with van der Waals surface area (Å²) in [5.74, 6) is -0.0221. The summed E-state index contributed by atoms with van der Waals surface area (Å²) in [6.45, 7) is 7.90. The zero-order chi connectivity index (χ0) is 14.2. The topological polar surface area (TPSA) is 39.1 Å². The van der Waals surface area contributed by atoms with Gasteiger partial charge in [0.1, 0.15) is 0 Å². The van der Waals surface area contributed by atoms with Gasteiger partial charge < -0.3 is 0 Å². The van der Waals surface area contributed by atoms with E-state index in [1.165, 1.54) is 11.3 Å². The van der Waals surface area contributed by atoms with Crippen LogP contribution in [0.2, 0.25) is 0 Å². The van der Waals surface area contributed by atoms with Crippen molar-refractivity contribution in [3.63, 3.8) is 0 Å². The van der Waals surface area contributed by atoms with Gasteiger partial charge in [-0.1, -0.05) is 23.5 Å². The number of hydrogen-bond acceptors (Lipinski definition) is 3. The summed E-state index contributed by atoms with van der Waals surface area (Å²) in [4.78, 5) is 24.9. The summed E-state index contributed by atoms with van der Waals surface area (Å²) >= 11 is 1.19. The van der Waals surface area contributed by atoms with Gasteiger partial charge in [0.05, 0.1) is 6.54 Å². The Balaban J connectivity index is 2.30. The van der Waals surface area contributed by atoms with Crippen LogP contribution >= 0.6 is 11.3 Å². The minimum Gasteiger partial charge on any atom is -0.295 e. The van der Waals surface area contributed by atoms with E-state index in [4.69, 9.17) is 0 Å². The maximum Gasteiger partial charge on any atom is 0.307 e. The number of ketones is 1. The fraction of sp³-hybridized carbons (Fsp3) is 0.333. The molecule has 2 aromatic rings. The molecular formula is C15H17NO2S. The quantitative estimate of drug-likeness (QED) is 0.808. The molecule has 0 bridgehead atoms. The summed E-state index contributed by atoms with van der Waals surface area (Å²) < 4.78 is 1.55. The van der Waals surface area contributed by atoms with Crippen molar-refractivity contribution < 1.29 is 4.79 Å². The zero-order valence-electron chi connectivity index (χ0n) is 11.6.